The maximum atomic E-state index is 12.7. The van der Waals surface area contributed by atoms with E-state index in [0.717, 1.165) is 0 Å². The molecule has 0 fully saturated rings. The van der Waals surface area contributed by atoms with Crippen LogP contribution in [0.3, 0.4) is 0 Å². The van der Waals surface area contributed by atoms with Gasteiger partial charge in [-0.25, -0.2) is 9.37 Å². The second-order valence-corrected chi connectivity index (χ2v) is 3.90. The van der Waals surface area contributed by atoms with Gasteiger partial charge in [0.25, 0.3) is 5.91 Å². The van der Waals surface area contributed by atoms with E-state index in [9.17, 15) is 14.0 Å². The van der Waals surface area contributed by atoms with Crippen molar-refractivity contribution in [3.63, 3.8) is 0 Å². The number of carbonyl (C=O) groups excluding carboxylic acids is 2. The molecule has 7 heteroatoms. The number of amides is 2. The van der Waals surface area contributed by atoms with Crippen LogP contribution in [0, 0.1) is 5.82 Å². The summed E-state index contributed by atoms with van der Waals surface area (Å²) in [6.45, 7) is 0. The molecule has 0 aliphatic rings. The molecule has 0 unspecified atom stereocenters. The van der Waals surface area contributed by atoms with E-state index in [-0.39, 0.29) is 17.9 Å². The van der Waals surface area contributed by atoms with Crippen LogP contribution < -0.4 is 10.9 Å². The number of aromatic nitrogens is 2. The standard InChI is InChI=1S/C13H11FN4O2/c14-10-3-1-9(2-4-10)7-12(19)17-18-13(20)11-8-15-5-6-16-11/h1-6,8H,7H2,(H,17,19)(H,18,20). The number of nitrogens with zero attached hydrogens (tertiary/aromatic N) is 2. The van der Waals surface area contributed by atoms with Crippen molar-refractivity contribution >= 4 is 11.8 Å². The molecule has 0 atom stereocenters. The van der Waals surface area contributed by atoms with E-state index in [1.54, 1.807) is 0 Å². The molecular formula is C13H11FN4O2. The number of benzene rings is 1. The minimum absolute atomic E-state index is 0.0288. The van der Waals surface area contributed by atoms with Crippen molar-refractivity contribution < 1.29 is 14.0 Å². The van der Waals surface area contributed by atoms with Gasteiger partial charge < -0.3 is 0 Å². The van der Waals surface area contributed by atoms with Crippen LogP contribution in [-0.4, -0.2) is 21.8 Å². The van der Waals surface area contributed by atoms with Crippen molar-refractivity contribution in [3.8, 4) is 0 Å². The number of rotatable bonds is 3. The molecule has 6 nitrogen and oxygen atoms in total. The number of nitrogens with one attached hydrogen (secondary N) is 2. The summed E-state index contributed by atoms with van der Waals surface area (Å²) in [5, 5.41) is 0. The Hall–Kier alpha value is -2.83. The average molecular weight is 274 g/mol. The molecule has 2 N–H and O–H groups in total. The fraction of sp³-hybridized carbons (Fsp3) is 0.0769. The lowest BCUT2D eigenvalue weighted by molar-refractivity contribution is -0.121. The lowest BCUT2D eigenvalue weighted by Crippen LogP contribution is -2.42. The van der Waals surface area contributed by atoms with Gasteiger partial charge in [0, 0.05) is 12.4 Å². The van der Waals surface area contributed by atoms with E-state index >= 15 is 0 Å². The van der Waals surface area contributed by atoms with Crippen LogP contribution in [0.1, 0.15) is 16.1 Å². The smallest absolute Gasteiger partial charge is 0.273 e. The number of halogens is 1. The van der Waals surface area contributed by atoms with E-state index in [1.165, 1.54) is 42.9 Å². The summed E-state index contributed by atoms with van der Waals surface area (Å²) in [5.74, 6) is -1.36. The monoisotopic (exact) mass is 274 g/mol. The van der Waals surface area contributed by atoms with Gasteiger partial charge in [0.05, 0.1) is 12.6 Å². The summed E-state index contributed by atoms with van der Waals surface area (Å²) in [5.41, 5.74) is 5.19. The third-order valence-corrected chi connectivity index (χ3v) is 2.39. The van der Waals surface area contributed by atoms with Gasteiger partial charge in [-0.05, 0) is 17.7 Å². The molecule has 1 heterocycles. The van der Waals surface area contributed by atoms with Gasteiger partial charge in [-0.3, -0.25) is 25.4 Å². The topological polar surface area (TPSA) is 84.0 Å². The maximum Gasteiger partial charge on any atom is 0.289 e. The summed E-state index contributed by atoms with van der Waals surface area (Å²) in [6.07, 6.45) is 4.11. The minimum atomic E-state index is -0.564. The van der Waals surface area contributed by atoms with E-state index < -0.39 is 11.8 Å². The summed E-state index contributed by atoms with van der Waals surface area (Å²) >= 11 is 0. The Morgan fingerprint density at radius 2 is 1.85 bits per heavy atom. The maximum absolute atomic E-state index is 12.7. The Kier molecular flexibility index (Phi) is 4.33. The minimum Gasteiger partial charge on any atom is -0.273 e. The molecule has 0 saturated carbocycles. The molecule has 0 radical (unpaired) electrons. The van der Waals surface area contributed by atoms with Crippen LogP contribution in [0.2, 0.25) is 0 Å². The Morgan fingerprint density at radius 1 is 1.10 bits per heavy atom. The third-order valence-electron chi connectivity index (χ3n) is 2.39. The first-order valence-electron chi connectivity index (χ1n) is 5.75. The molecule has 2 amide bonds. The summed E-state index contributed by atoms with van der Waals surface area (Å²) in [7, 11) is 0. The molecule has 102 valence electrons. The summed E-state index contributed by atoms with van der Waals surface area (Å²) in [6, 6.07) is 5.53. The van der Waals surface area contributed by atoms with Crippen molar-refractivity contribution in [3.05, 3.63) is 59.9 Å². The highest BCUT2D eigenvalue weighted by molar-refractivity contribution is 5.93. The van der Waals surface area contributed by atoms with Crippen LogP contribution in [0.4, 0.5) is 4.39 Å². The van der Waals surface area contributed by atoms with E-state index in [4.69, 9.17) is 0 Å². The Bertz CT molecular complexity index is 602. The third kappa shape index (κ3) is 3.84. The van der Waals surface area contributed by atoms with Crippen molar-refractivity contribution in [1.82, 2.24) is 20.8 Å². The SMILES string of the molecule is O=C(Cc1ccc(F)cc1)NNC(=O)c1cnccn1. The fourth-order valence-corrected chi connectivity index (χ4v) is 1.44. The molecule has 2 aromatic rings. The van der Waals surface area contributed by atoms with Crippen LogP contribution in [0.15, 0.2) is 42.9 Å². The lowest BCUT2D eigenvalue weighted by atomic mass is 10.1. The molecule has 0 bridgehead atoms. The van der Waals surface area contributed by atoms with E-state index in [0.29, 0.717) is 5.56 Å². The van der Waals surface area contributed by atoms with Gasteiger partial charge in [-0.2, -0.15) is 0 Å². The van der Waals surface area contributed by atoms with Gasteiger partial charge >= 0.3 is 0 Å². The Morgan fingerprint density at radius 3 is 2.50 bits per heavy atom. The highest BCUT2D eigenvalue weighted by Crippen LogP contribution is 2.03. The summed E-state index contributed by atoms with van der Waals surface area (Å²) in [4.78, 5) is 30.7. The Labute approximate surface area is 114 Å². The van der Waals surface area contributed by atoms with Crippen LogP contribution >= 0.6 is 0 Å². The van der Waals surface area contributed by atoms with Gasteiger partial charge in [-0.15, -0.1) is 0 Å². The largest absolute Gasteiger partial charge is 0.289 e. The average Bonchev–Trinajstić information content (AvgIpc) is 2.48. The molecule has 0 spiro atoms. The second kappa shape index (κ2) is 6.37. The number of hydrazine groups is 1. The zero-order valence-corrected chi connectivity index (χ0v) is 10.3. The van der Waals surface area contributed by atoms with Crippen LogP contribution in [0.25, 0.3) is 0 Å². The fourth-order valence-electron chi connectivity index (χ4n) is 1.44. The molecule has 20 heavy (non-hydrogen) atoms. The Balaban J connectivity index is 1.83. The highest BCUT2D eigenvalue weighted by Gasteiger charge is 2.08. The normalized spacial score (nSPS) is 9.85. The number of carbonyl (C=O) groups is 2. The van der Waals surface area contributed by atoms with Crippen LogP contribution in [0.5, 0.6) is 0 Å². The highest BCUT2D eigenvalue weighted by atomic mass is 19.1. The predicted molar refractivity (Wildman–Crippen MR) is 67.7 cm³/mol. The quantitative estimate of drug-likeness (QED) is 0.804. The zero-order valence-electron chi connectivity index (χ0n) is 10.3. The second-order valence-electron chi connectivity index (χ2n) is 3.90. The first kappa shape index (κ1) is 13.6. The van der Waals surface area contributed by atoms with Gasteiger partial charge in [0.15, 0.2) is 0 Å². The van der Waals surface area contributed by atoms with Gasteiger partial charge in [0.1, 0.15) is 11.5 Å². The lowest BCUT2D eigenvalue weighted by Gasteiger charge is -2.06. The van der Waals surface area contributed by atoms with Crippen molar-refractivity contribution in [2.45, 2.75) is 6.42 Å². The predicted octanol–water partition coefficient (Wildman–Crippen LogP) is 0.619. The number of hydrogen-bond acceptors (Lipinski definition) is 4. The molecule has 1 aromatic carbocycles. The molecule has 0 saturated heterocycles. The molecular weight excluding hydrogens is 263 g/mol. The van der Waals surface area contributed by atoms with Gasteiger partial charge in [0.2, 0.25) is 5.91 Å². The van der Waals surface area contributed by atoms with Gasteiger partial charge in [-0.1, -0.05) is 12.1 Å². The van der Waals surface area contributed by atoms with Crippen molar-refractivity contribution in [2.24, 2.45) is 0 Å². The molecule has 2 rings (SSSR count). The van der Waals surface area contributed by atoms with E-state index in [1.807, 2.05) is 0 Å². The van der Waals surface area contributed by atoms with Crippen molar-refractivity contribution in [1.29, 1.82) is 0 Å². The zero-order chi connectivity index (χ0) is 14.4. The number of hydrogen-bond donors (Lipinski definition) is 2. The first-order valence-corrected chi connectivity index (χ1v) is 5.75. The summed E-state index contributed by atoms with van der Waals surface area (Å²) < 4.78 is 12.7. The first-order chi connectivity index (χ1) is 9.65. The molecule has 1 aromatic heterocycles. The van der Waals surface area contributed by atoms with Crippen molar-refractivity contribution in [2.75, 3.05) is 0 Å². The molecule has 0 aliphatic carbocycles. The molecule has 0 aliphatic heterocycles. The van der Waals surface area contributed by atoms with E-state index in [2.05, 4.69) is 20.8 Å². The van der Waals surface area contributed by atoms with Crippen LogP contribution in [-0.2, 0) is 11.2 Å².